The number of amides is 1. The quantitative estimate of drug-likeness (QED) is 0.0171. The van der Waals surface area contributed by atoms with Crippen LogP contribution in [0.4, 0.5) is 23.3 Å². The largest absolute Gasteiger partial charge is 0.465 e. The van der Waals surface area contributed by atoms with Gasteiger partial charge in [0.15, 0.2) is 28.4 Å². The molecule has 1 radical (unpaired) electrons. The second kappa shape index (κ2) is 29.2. The Balaban J connectivity index is 0.000000199. The van der Waals surface area contributed by atoms with Crippen molar-refractivity contribution in [2.45, 2.75) is 77.4 Å². The predicted octanol–water partition coefficient (Wildman–Crippen LogP) is 9.77. The molecule has 12 aromatic rings. The number of hydrogen-bond acceptors (Lipinski definition) is 21. The molecule has 467 valence electrons. The molecule has 0 bridgehead atoms. The zero-order valence-corrected chi connectivity index (χ0v) is 52.0. The Bertz CT molecular complexity index is 4660. The van der Waals surface area contributed by atoms with Crippen molar-refractivity contribution in [2.24, 2.45) is 0 Å². The van der Waals surface area contributed by atoms with Crippen molar-refractivity contribution in [1.29, 1.82) is 0 Å². The number of imidazole rings is 2. The molecule has 7 N–H and O–H groups in total. The van der Waals surface area contributed by atoms with E-state index < -0.39 is 17.9 Å². The number of nitrogens with zero attached hydrogens (tertiary/aromatic N) is 13. The monoisotopic (exact) mass is 1270 g/mol. The molecule has 1 saturated heterocycles. The summed E-state index contributed by atoms with van der Waals surface area (Å²) in [4.78, 5) is 101. The smallest absolute Gasteiger partial charge is 0.339 e. The Labute approximate surface area is 538 Å². The van der Waals surface area contributed by atoms with E-state index in [0.29, 0.717) is 122 Å². The van der Waals surface area contributed by atoms with Crippen LogP contribution in [0.15, 0.2) is 169 Å². The van der Waals surface area contributed by atoms with E-state index in [9.17, 15) is 19.2 Å². The van der Waals surface area contributed by atoms with E-state index in [1.54, 1.807) is 45.5 Å². The number of carbonyl (C=O) groups is 2. The van der Waals surface area contributed by atoms with Gasteiger partial charge in [0, 0.05) is 50.6 Å². The average molecular weight is 1270 g/mol. The van der Waals surface area contributed by atoms with E-state index in [2.05, 4.69) is 66.1 Å². The van der Waals surface area contributed by atoms with Crippen LogP contribution in [0.5, 0.6) is 0 Å². The van der Waals surface area contributed by atoms with Gasteiger partial charge in [0.05, 0.1) is 76.2 Å². The molecule has 13 rings (SSSR count). The van der Waals surface area contributed by atoms with Gasteiger partial charge < -0.3 is 43.2 Å². The minimum absolute atomic E-state index is 0. The Morgan fingerprint density at radius 3 is 1.76 bits per heavy atom. The standard InChI is InChI=1S/C35H35N9O4.C29H26N10O3.CH3.V/c1-3-25(41-31-30-33(39-20-38-31)43(21-40-30)28-14-7-8-17-48-28)32-42-26-13-9-10-22(18-36-27-16-15-23(19-37-27)35(46)47-2)29(26)34(45)44(32)24-11-5-4-6-12-24;1-2-20(36-26-24-25(33-15-32-24)34-16-35-26)27-37-21-10-6-7-17(13-30-22-12-11-18(14-31-22)28(40)38-42)23(21)29(41)39(27)19-8-4-3-5-9-19;;/h4-6,9-13,15-16,19-21,25,28H,3,7-8,14,17-18H2,1-2H3,(H,36,37)(H,38,39,41);3-12,14-16,20,42H,2,13H2,1H3,(H,30,31)(H,38,40)(H2,32,33,34,35,36);1H3;/q;;-1;/t25-,28?;20-;;/m00../s1. The molecule has 8 aromatic heterocycles. The molecular weight excluding hydrogens is 1210 g/mol. The summed E-state index contributed by atoms with van der Waals surface area (Å²) in [5.74, 6) is 2.14. The van der Waals surface area contributed by atoms with Gasteiger partial charge in [-0.25, -0.2) is 60.1 Å². The van der Waals surface area contributed by atoms with Crippen LogP contribution in [0.2, 0.25) is 0 Å². The number of esters is 1. The van der Waals surface area contributed by atoms with Gasteiger partial charge in [-0.1, -0.05) is 74.5 Å². The van der Waals surface area contributed by atoms with Crippen molar-refractivity contribution in [3.05, 3.63) is 221 Å². The van der Waals surface area contributed by atoms with Gasteiger partial charge in [0.1, 0.15) is 47.7 Å². The minimum atomic E-state index is -0.653. The fraction of sp³-hybridized carbons (Fsp3) is 0.215. The minimum Gasteiger partial charge on any atom is -0.465 e. The van der Waals surface area contributed by atoms with Crippen LogP contribution in [0.1, 0.15) is 108 Å². The maximum absolute atomic E-state index is 14.5. The number of H-pyrrole nitrogens is 1. The number of ether oxygens (including phenoxy) is 2. The number of hydrogen-bond donors (Lipinski definition) is 7. The Morgan fingerprint density at radius 2 is 1.23 bits per heavy atom. The molecule has 1 amide bonds. The number of benzene rings is 4. The summed E-state index contributed by atoms with van der Waals surface area (Å²) in [7, 11) is 1.33. The second-order valence-corrected chi connectivity index (χ2v) is 20.9. The summed E-state index contributed by atoms with van der Waals surface area (Å²) in [6.45, 7) is 5.36. The fourth-order valence-corrected chi connectivity index (χ4v) is 10.9. The molecule has 92 heavy (non-hydrogen) atoms. The SMILES string of the molecule is CC[C@H](Nc1ncnc2c1ncn2C1CCCCO1)c1nc2cccc(CNc3ccc(C(=O)OC)cn3)c2c(=O)n1-c1ccccc1.CC[C@H](Nc1ncnc2nc[nH]c12)c1nc2cccc(CNc3ccc(C(=O)NO)cn3)c2c(=O)n1-c1ccccc1.[CH3-].[V]. The van der Waals surface area contributed by atoms with Crippen molar-refractivity contribution in [3.63, 3.8) is 0 Å². The number of carbonyl (C=O) groups excluding carboxylic acids is 2. The van der Waals surface area contributed by atoms with Crippen molar-refractivity contribution in [1.82, 2.24) is 74.0 Å². The van der Waals surface area contributed by atoms with Gasteiger partial charge in [-0.15, -0.1) is 0 Å². The van der Waals surface area contributed by atoms with E-state index >= 15 is 0 Å². The van der Waals surface area contributed by atoms with Crippen molar-refractivity contribution >= 4 is 79.3 Å². The maximum Gasteiger partial charge on any atom is 0.339 e. The number of aromatic amines is 1. The van der Waals surface area contributed by atoms with Crippen LogP contribution in [0, 0.1) is 7.43 Å². The summed E-state index contributed by atoms with van der Waals surface area (Å²) in [5, 5.41) is 23.2. The molecule has 1 fully saturated rings. The Kier molecular flexibility index (Phi) is 20.4. The van der Waals surface area contributed by atoms with Crippen LogP contribution in [0.25, 0.3) is 55.5 Å². The number of rotatable bonds is 19. The van der Waals surface area contributed by atoms with Crippen molar-refractivity contribution in [2.75, 3.05) is 35.0 Å². The first-order valence-corrected chi connectivity index (χ1v) is 29.2. The molecule has 4 aromatic carbocycles. The molecule has 26 nitrogen and oxygen atoms in total. The molecule has 0 aliphatic carbocycles. The second-order valence-electron chi connectivity index (χ2n) is 20.9. The van der Waals surface area contributed by atoms with Gasteiger partial charge in [-0.3, -0.25) is 33.3 Å². The van der Waals surface area contributed by atoms with Gasteiger partial charge >= 0.3 is 5.97 Å². The fourth-order valence-electron chi connectivity index (χ4n) is 10.9. The van der Waals surface area contributed by atoms with E-state index in [0.717, 1.165) is 30.4 Å². The normalized spacial score (nSPS) is 13.4. The third kappa shape index (κ3) is 13.4. The number of pyridine rings is 2. The third-order valence-electron chi connectivity index (χ3n) is 15.4. The molecule has 1 unspecified atom stereocenters. The van der Waals surface area contributed by atoms with E-state index in [4.69, 9.17) is 24.6 Å². The number of aromatic nitrogens is 14. The van der Waals surface area contributed by atoms with Gasteiger partial charge in [-0.2, -0.15) is 0 Å². The molecule has 1 aliphatic rings. The zero-order valence-electron chi connectivity index (χ0n) is 50.6. The topological polar surface area (TPSA) is 327 Å². The number of anilines is 4. The number of fused-ring (bicyclic) bond motifs is 4. The summed E-state index contributed by atoms with van der Waals surface area (Å²) in [5.41, 5.74) is 8.25. The number of nitrogens with one attached hydrogen (secondary N) is 6. The summed E-state index contributed by atoms with van der Waals surface area (Å²) >= 11 is 0. The van der Waals surface area contributed by atoms with Crippen LogP contribution >= 0.6 is 0 Å². The number of hydroxylamine groups is 1. The Morgan fingerprint density at radius 1 is 0.663 bits per heavy atom. The molecule has 0 spiro atoms. The number of methoxy groups -OCH3 is 1. The predicted molar refractivity (Wildman–Crippen MR) is 344 cm³/mol. The van der Waals surface area contributed by atoms with E-state index in [1.165, 1.54) is 38.2 Å². The first-order chi connectivity index (χ1) is 44.1. The van der Waals surface area contributed by atoms with Crippen LogP contribution in [-0.2, 0) is 41.1 Å². The first-order valence-electron chi connectivity index (χ1n) is 29.2. The molecule has 1 aliphatic heterocycles. The van der Waals surface area contributed by atoms with Crippen molar-refractivity contribution < 1.29 is 42.8 Å². The zero-order chi connectivity index (χ0) is 62.1. The van der Waals surface area contributed by atoms with Gasteiger partial charge in [0.2, 0.25) is 0 Å². The third-order valence-corrected chi connectivity index (χ3v) is 15.4. The van der Waals surface area contributed by atoms with Crippen LogP contribution in [-0.4, -0.2) is 99.3 Å². The molecule has 27 heteroatoms. The van der Waals surface area contributed by atoms with E-state index in [-0.39, 0.29) is 61.5 Å². The van der Waals surface area contributed by atoms with Gasteiger partial charge in [0.25, 0.3) is 17.0 Å². The molecule has 3 atom stereocenters. The van der Waals surface area contributed by atoms with Crippen molar-refractivity contribution in [3.8, 4) is 11.4 Å². The number of para-hydroxylation sites is 2. The van der Waals surface area contributed by atoms with Crippen LogP contribution in [0.3, 0.4) is 0 Å². The molecule has 9 heterocycles. The summed E-state index contributed by atoms with van der Waals surface area (Å²) < 4.78 is 16.0. The van der Waals surface area contributed by atoms with Gasteiger partial charge in [-0.05, 0) is 104 Å². The summed E-state index contributed by atoms with van der Waals surface area (Å²) in [6, 6.07) is 35.8. The van der Waals surface area contributed by atoms with Crippen LogP contribution < -0.4 is 37.9 Å². The molecular formula is C65H64N19O7V-. The first kappa shape index (κ1) is 64.2. The van der Waals surface area contributed by atoms with E-state index in [1.807, 2.05) is 115 Å². The molecule has 0 saturated carbocycles. The maximum atomic E-state index is 14.5. The average Bonchev–Trinajstić information content (AvgIpc) is 0.952. The summed E-state index contributed by atoms with van der Waals surface area (Å²) in [6.07, 6.45) is 13.2. The Hall–Kier alpha value is -10.8.